The number of urea groups is 1. The Labute approximate surface area is 148 Å². The largest absolute Gasteiger partial charge is 0.481 e. The highest BCUT2D eigenvalue weighted by atomic mass is 16.4. The van der Waals surface area contributed by atoms with E-state index in [4.69, 9.17) is 5.11 Å². The minimum Gasteiger partial charge on any atom is -0.481 e. The van der Waals surface area contributed by atoms with E-state index in [-0.39, 0.29) is 18.5 Å². The van der Waals surface area contributed by atoms with Gasteiger partial charge in [0, 0.05) is 37.9 Å². The van der Waals surface area contributed by atoms with Crippen LogP contribution in [0, 0.1) is 0 Å². The number of amides is 2. The van der Waals surface area contributed by atoms with Crippen LogP contribution in [0.4, 0.5) is 10.6 Å². The minimum absolute atomic E-state index is 0.00831. The summed E-state index contributed by atoms with van der Waals surface area (Å²) in [7, 11) is 0. The van der Waals surface area contributed by atoms with Crippen molar-refractivity contribution in [1.82, 2.24) is 14.8 Å². The Morgan fingerprint density at radius 2 is 2.24 bits per heavy atom. The van der Waals surface area contributed by atoms with Crippen LogP contribution in [0.15, 0.2) is 12.1 Å². The molecule has 7 nitrogen and oxygen atoms in total. The lowest BCUT2D eigenvalue weighted by atomic mass is 10.1. The summed E-state index contributed by atoms with van der Waals surface area (Å²) < 4.78 is 0. The van der Waals surface area contributed by atoms with Crippen molar-refractivity contribution in [2.45, 2.75) is 45.1 Å². The fraction of sp³-hybridized carbons (Fsp3) is 0.611. The van der Waals surface area contributed by atoms with Crippen LogP contribution in [0.2, 0.25) is 0 Å². The summed E-state index contributed by atoms with van der Waals surface area (Å²) in [5, 5.41) is 12.2. The first-order valence-electron chi connectivity index (χ1n) is 9.04. The second kappa shape index (κ2) is 7.72. The predicted octanol–water partition coefficient (Wildman–Crippen LogP) is 1.97. The molecule has 3 rings (SSSR count). The molecule has 1 aromatic heterocycles. The number of aryl methyl sites for hydroxylation is 2. The number of anilines is 1. The summed E-state index contributed by atoms with van der Waals surface area (Å²) in [6.07, 6.45) is 3.93. The van der Waals surface area contributed by atoms with Gasteiger partial charge in [-0.1, -0.05) is 6.07 Å². The van der Waals surface area contributed by atoms with E-state index in [2.05, 4.69) is 22.4 Å². The second-order valence-electron chi connectivity index (χ2n) is 6.85. The number of carboxylic acids is 1. The van der Waals surface area contributed by atoms with E-state index in [0.717, 1.165) is 43.7 Å². The third-order valence-corrected chi connectivity index (χ3v) is 4.94. The number of hydrogen-bond donors (Lipinski definition) is 2. The molecular formula is C18H26N4O3. The fourth-order valence-corrected chi connectivity index (χ4v) is 3.54. The van der Waals surface area contributed by atoms with Crippen LogP contribution in [-0.2, 0) is 17.6 Å². The Morgan fingerprint density at radius 1 is 1.40 bits per heavy atom. The standard InChI is InChI=1S/C18H26N4O3/c1-13(12-16(23)24)22-11-10-21(18(22)25)9-3-5-15-7-6-14-4-2-8-19-17(14)20-15/h6-7,13H,2-5,8-12H2,1H3,(H,19,20)(H,23,24). The van der Waals surface area contributed by atoms with Gasteiger partial charge in [-0.05, 0) is 44.2 Å². The van der Waals surface area contributed by atoms with Crippen molar-refractivity contribution < 1.29 is 14.7 Å². The molecule has 1 unspecified atom stereocenters. The molecule has 0 spiro atoms. The van der Waals surface area contributed by atoms with Gasteiger partial charge in [-0.15, -0.1) is 0 Å². The Hall–Kier alpha value is -2.31. The zero-order valence-corrected chi connectivity index (χ0v) is 14.7. The van der Waals surface area contributed by atoms with Crippen molar-refractivity contribution in [3.8, 4) is 0 Å². The van der Waals surface area contributed by atoms with Gasteiger partial charge in [-0.2, -0.15) is 0 Å². The molecule has 0 aromatic carbocycles. The molecule has 1 fully saturated rings. The van der Waals surface area contributed by atoms with Gasteiger partial charge >= 0.3 is 12.0 Å². The van der Waals surface area contributed by atoms with E-state index in [0.29, 0.717) is 19.6 Å². The molecule has 0 bridgehead atoms. The molecular weight excluding hydrogens is 320 g/mol. The van der Waals surface area contributed by atoms with Crippen molar-refractivity contribution in [3.05, 3.63) is 23.4 Å². The Morgan fingerprint density at radius 3 is 3.04 bits per heavy atom. The Bertz CT molecular complexity index is 649. The van der Waals surface area contributed by atoms with E-state index in [1.165, 1.54) is 5.56 Å². The van der Waals surface area contributed by atoms with E-state index in [1.54, 1.807) is 11.8 Å². The molecule has 1 aromatic rings. The summed E-state index contributed by atoms with van der Waals surface area (Å²) in [6.45, 7) is 4.73. The maximum absolute atomic E-state index is 12.4. The monoisotopic (exact) mass is 346 g/mol. The van der Waals surface area contributed by atoms with Crippen molar-refractivity contribution in [2.75, 3.05) is 31.5 Å². The molecule has 0 aliphatic carbocycles. The molecule has 136 valence electrons. The van der Waals surface area contributed by atoms with Crippen molar-refractivity contribution >= 4 is 17.8 Å². The van der Waals surface area contributed by atoms with Crippen molar-refractivity contribution in [3.63, 3.8) is 0 Å². The molecule has 7 heteroatoms. The lowest BCUT2D eigenvalue weighted by Crippen LogP contribution is -2.39. The second-order valence-corrected chi connectivity index (χ2v) is 6.85. The predicted molar refractivity (Wildman–Crippen MR) is 94.8 cm³/mol. The van der Waals surface area contributed by atoms with Crippen LogP contribution in [0.1, 0.15) is 37.4 Å². The summed E-state index contributed by atoms with van der Waals surface area (Å²) in [5.41, 5.74) is 2.34. The first-order valence-corrected chi connectivity index (χ1v) is 9.04. The van der Waals surface area contributed by atoms with Crippen LogP contribution >= 0.6 is 0 Å². The van der Waals surface area contributed by atoms with Crippen LogP contribution in [0.25, 0.3) is 0 Å². The number of nitrogens with zero attached hydrogens (tertiary/aromatic N) is 3. The highest BCUT2D eigenvalue weighted by Crippen LogP contribution is 2.20. The molecule has 2 amide bonds. The quantitative estimate of drug-likeness (QED) is 0.788. The maximum Gasteiger partial charge on any atom is 0.320 e. The van der Waals surface area contributed by atoms with Crippen molar-refractivity contribution in [2.24, 2.45) is 0 Å². The highest BCUT2D eigenvalue weighted by Gasteiger charge is 2.32. The first kappa shape index (κ1) is 17.5. The molecule has 1 atom stereocenters. The third kappa shape index (κ3) is 4.21. The number of nitrogens with one attached hydrogen (secondary N) is 1. The van der Waals surface area contributed by atoms with Crippen LogP contribution in [0.5, 0.6) is 0 Å². The number of carbonyl (C=O) groups excluding carboxylic acids is 1. The Kier molecular flexibility index (Phi) is 5.40. The normalized spacial score (nSPS) is 18.0. The van der Waals surface area contributed by atoms with E-state index in [9.17, 15) is 9.59 Å². The lowest BCUT2D eigenvalue weighted by molar-refractivity contribution is -0.137. The van der Waals surface area contributed by atoms with Gasteiger partial charge in [0.25, 0.3) is 0 Å². The number of aliphatic carboxylic acids is 1. The van der Waals surface area contributed by atoms with Gasteiger partial charge in [0.15, 0.2) is 0 Å². The summed E-state index contributed by atoms with van der Waals surface area (Å²) in [5.74, 6) is 0.139. The molecule has 2 aliphatic rings. The fourth-order valence-electron chi connectivity index (χ4n) is 3.54. The summed E-state index contributed by atoms with van der Waals surface area (Å²) in [6, 6.07) is 3.93. The minimum atomic E-state index is -0.870. The molecule has 2 aliphatic heterocycles. The van der Waals surface area contributed by atoms with Crippen molar-refractivity contribution in [1.29, 1.82) is 0 Å². The number of carbonyl (C=O) groups is 2. The zero-order valence-electron chi connectivity index (χ0n) is 14.7. The van der Waals surface area contributed by atoms with Gasteiger partial charge in [0.1, 0.15) is 5.82 Å². The molecule has 1 saturated heterocycles. The number of hydrogen-bond acceptors (Lipinski definition) is 4. The summed E-state index contributed by atoms with van der Waals surface area (Å²) in [4.78, 5) is 31.4. The molecule has 25 heavy (non-hydrogen) atoms. The van der Waals surface area contributed by atoms with Gasteiger partial charge in [-0.3, -0.25) is 4.79 Å². The number of rotatable bonds is 7. The molecule has 0 saturated carbocycles. The maximum atomic E-state index is 12.4. The van der Waals surface area contributed by atoms with Crippen LogP contribution < -0.4 is 5.32 Å². The van der Waals surface area contributed by atoms with Gasteiger partial charge in [-0.25, -0.2) is 9.78 Å². The van der Waals surface area contributed by atoms with E-state index >= 15 is 0 Å². The molecule has 3 heterocycles. The van der Waals surface area contributed by atoms with Crippen LogP contribution in [0.3, 0.4) is 0 Å². The number of fused-ring (bicyclic) bond motifs is 1. The van der Waals surface area contributed by atoms with Gasteiger partial charge in [0.05, 0.1) is 6.42 Å². The molecule has 2 N–H and O–H groups in total. The topological polar surface area (TPSA) is 85.8 Å². The Balaban J connectivity index is 1.48. The summed E-state index contributed by atoms with van der Waals surface area (Å²) >= 11 is 0. The smallest absolute Gasteiger partial charge is 0.320 e. The lowest BCUT2D eigenvalue weighted by Gasteiger charge is -2.23. The average Bonchev–Trinajstić information content (AvgIpc) is 2.95. The van der Waals surface area contributed by atoms with Gasteiger partial charge in [0.2, 0.25) is 0 Å². The number of pyridine rings is 1. The van der Waals surface area contributed by atoms with E-state index in [1.807, 2.05) is 4.90 Å². The average molecular weight is 346 g/mol. The van der Waals surface area contributed by atoms with Gasteiger partial charge < -0.3 is 20.2 Å². The number of aromatic nitrogens is 1. The zero-order chi connectivity index (χ0) is 17.8. The van der Waals surface area contributed by atoms with E-state index < -0.39 is 5.97 Å². The third-order valence-electron chi connectivity index (χ3n) is 4.94. The first-order chi connectivity index (χ1) is 12.0. The SMILES string of the molecule is CC(CC(=O)O)N1CCN(CCCc2ccc3c(n2)NCCC3)C1=O. The van der Waals surface area contributed by atoms with Crippen LogP contribution in [-0.4, -0.2) is 64.1 Å². The molecule has 0 radical (unpaired) electrons. The number of carboxylic acid groups (broad SMARTS) is 1. The highest BCUT2D eigenvalue weighted by molar-refractivity contribution is 5.78.